The third kappa shape index (κ3) is 5.33. The maximum atomic E-state index is 12.6. The highest BCUT2D eigenvalue weighted by atomic mass is 35.5. The zero-order valence-electron chi connectivity index (χ0n) is 17.7. The Morgan fingerprint density at radius 1 is 0.935 bits per heavy atom. The van der Waals surface area contributed by atoms with Gasteiger partial charge in [0.15, 0.2) is 12.4 Å². The van der Waals surface area contributed by atoms with Gasteiger partial charge in [-0.2, -0.15) is 0 Å². The molecule has 0 saturated carbocycles. The van der Waals surface area contributed by atoms with E-state index < -0.39 is 0 Å². The molecule has 160 valence electrons. The van der Waals surface area contributed by atoms with Crippen LogP contribution in [0.25, 0.3) is 11.3 Å². The van der Waals surface area contributed by atoms with Crippen LogP contribution in [-0.2, 0) is 4.79 Å². The normalized spacial score (nSPS) is 13.9. The minimum Gasteiger partial charge on any atom is -0.484 e. The van der Waals surface area contributed by atoms with Gasteiger partial charge in [-0.25, -0.2) is 0 Å². The lowest BCUT2D eigenvalue weighted by Gasteiger charge is -2.35. The first kappa shape index (κ1) is 21.1. The summed E-state index contributed by atoms with van der Waals surface area (Å²) < 4.78 is 5.72. The van der Waals surface area contributed by atoms with Crippen molar-refractivity contribution in [2.75, 3.05) is 37.7 Å². The van der Waals surface area contributed by atoms with Crippen LogP contribution in [0.5, 0.6) is 5.75 Å². The van der Waals surface area contributed by atoms with Crippen molar-refractivity contribution in [1.82, 2.24) is 15.1 Å². The molecule has 1 saturated heterocycles. The summed E-state index contributed by atoms with van der Waals surface area (Å²) in [5.41, 5.74) is 4.03. The lowest BCUT2D eigenvalue weighted by Crippen LogP contribution is -2.50. The molecule has 1 fully saturated rings. The molecule has 1 aliphatic heterocycles. The molecule has 1 aliphatic rings. The van der Waals surface area contributed by atoms with E-state index in [1.807, 2.05) is 67.3 Å². The van der Waals surface area contributed by atoms with Gasteiger partial charge in [-0.1, -0.05) is 29.8 Å². The molecular weight excluding hydrogens is 412 g/mol. The van der Waals surface area contributed by atoms with Crippen LogP contribution in [0, 0.1) is 13.8 Å². The SMILES string of the molecule is Cc1cc(C)cc(OCC(=O)N2CCN(c3ccc(-c4ccc(Cl)cc4)nn3)CC2)c1. The number of aromatic nitrogens is 2. The average Bonchev–Trinajstić information content (AvgIpc) is 2.78. The van der Waals surface area contributed by atoms with Gasteiger partial charge in [-0.15, -0.1) is 10.2 Å². The molecule has 1 amide bonds. The Morgan fingerprint density at radius 3 is 2.23 bits per heavy atom. The van der Waals surface area contributed by atoms with Gasteiger partial charge in [0.05, 0.1) is 5.69 Å². The molecule has 1 aromatic heterocycles. The zero-order chi connectivity index (χ0) is 21.8. The number of hydrogen-bond donors (Lipinski definition) is 0. The predicted octanol–water partition coefficient (Wildman–Crippen LogP) is 4.14. The molecular formula is C24H25ClN4O2. The van der Waals surface area contributed by atoms with Gasteiger partial charge in [0.2, 0.25) is 0 Å². The highest BCUT2D eigenvalue weighted by molar-refractivity contribution is 6.30. The van der Waals surface area contributed by atoms with E-state index >= 15 is 0 Å². The molecule has 0 unspecified atom stereocenters. The Kier molecular flexibility index (Phi) is 6.37. The number of nitrogens with zero attached hydrogens (tertiary/aromatic N) is 4. The van der Waals surface area contributed by atoms with Gasteiger partial charge in [0.25, 0.3) is 5.91 Å². The third-order valence-electron chi connectivity index (χ3n) is 5.30. The van der Waals surface area contributed by atoms with Gasteiger partial charge in [-0.3, -0.25) is 4.79 Å². The molecule has 0 spiro atoms. The van der Waals surface area contributed by atoms with Gasteiger partial charge in [0, 0.05) is 36.8 Å². The van der Waals surface area contributed by atoms with E-state index in [2.05, 4.69) is 21.2 Å². The Morgan fingerprint density at radius 2 is 1.61 bits per heavy atom. The first-order chi connectivity index (χ1) is 15.0. The van der Waals surface area contributed by atoms with E-state index in [4.69, 9.17) is 16.3 Å². The molecule has 2 heterocycles. The summed E-state index contributed by atoms with van der Waals surface area (Å²) in [6.07, 6.45) is 0. The summed E-state index contributed by atoms with van der Waals surface area (Å²) in [5, 5.41) is 9.42. The fourth-order valence-electron chi connectivity index (χ4n) is 3.71. The lowest BCUT2D eigenvalue weighted by atomic mass is 10.1. The minimum absolute atomic E-state index is 0.00276. The Balaban J connectivity index is 1.29. The maximum absolute atomic E-state index is 12.6. The predicted molar refractivity (Wildman–Crippen MR) is 123 cm³/mol. The quantitative estimate of drug-likeness (QED) is 0.601. The van der Waals surface area contributed by atoms with E-state index in [-0.39, 0.29) is 12.5 Å². The zero-order valence-corrected chi connectivity index (χ0v) is 18.5. The van der Waals surface area contributed by atoms with Crippen molar-refractivity contribution in [1.29, 1.82) is 0 Å². The van der Waals surface area contributed by atoms with E-state index in [1.54, 1.807) is 0 Å². The van der Waals surface area contributed by atoms with Crippen LogP contribution in [-0.4, -0.2) is 53.8 Å². The Hall–Kier alpha value is -3.12. The van der Waals surface area contributed by atoms with E-state index in [1.165, 1.54) is 0 Å². The number of aryl methyl sites for hydroxylation is 2. The summed E-state index contributed by atoms with van der Waals surface area (Å²) in [6, 6.07) is 17.4. The van der Waals surface area contributed by atoms with Crippen molar-refractivity contribution in [3.63, 3.8) is 0 Å². The molecule has 0 atom stereocenters. The second kappa shape index (κ2) is 9.35. The summed E-state index contributed by atoms with van der Waals surface area (Å²) >= 11 is 5.94. The van der Waals surface area contributed by atoms with Crippen LogP contribution in [0.2, 0.25) is 5.02 Å². The summed E-state index contributed by atoms with van der Waals surface area (Å²) in [4.78, 5) is 16.5. The van der Waals surface area contributed by atoms with Crippen LogP contribution in [0.15, 0.2) is 54.6 Å². The van der Waals surface area contributed by atoms with E-state index in [9.17, 15) is 4.79 Å². The first-order valence-corrected chi connectivity index (χ1v) is 10.7. The van der Waals surface area contributed by atoms with Crippen LogP contribution < -0.4 is 9.64 Å². The highest BCUT2D eigenvalue weighted by Crippen LogP contribution is 2.21. The third-order valence-corrected chi connectivity index (χ3v) is 5.56. The highest BCUT2D eigenvalue weighted by Gasteiger charge is 2.22. The monoisotopic (exact) mass is 436 g/mol. The van der Waals surface area contributed by atoms with Gasteiger partial charge in [-0.05, 0) is 61.4 Å². The van der Waals surface area contributed by atoms with Crippen molar-refractivity contribution in [2.24, 2.45) is 0 Å². The number of rotatable bonds is 5. The number of amides is 1. The number of carbonyl (C=O) groups is 1. The fraction of sp³-hybridized carbons (Fsp3) is 0.292. The second-order valence-corrected chi connectivity index (χ2v) is 8.20. The van der Waals surface area contributed by atoms with Crippen LogP contribution >= 0.6 is 11.6 Å². The van der Waals surface area contributed by atoms with Crippen molar-refractivity contribution in [3.05, 3.63) is 70.7 Å². The number of anilines is 1. The molecule has 0 radical (unpaired) electrons. The topological polar surface area (TPSA) is 58.6 Å². The first-order valence-electron chi connectivity index (χ1n) is 10.3. The smallest absolute Gasteiger partial charge is 0.260 e. The number of piperazine rings is 1. The summed E-state index contributed by atoms with van der Waals surface area (Å²) in [6.45, 7) is 6.79. The number of carbonyl (C=O) groups excluding carboxylic acids is 1. The van der Waals surface area contributed by atoms with Crippen LogP contribution in [0.1, 0.15) is 11.1 Å². The summed E-state index contributed by atoms with van der Waals surface area (Å²) in [5.74, 6) is 1.56. The number of benzene rings is 2. The molecule has 3 aromatic rings. The average molecular weight is 437 g/mol. The standard InChI is InChI=1S/C24H25ClN4O2/c1-17-13-18(2)15-21(14-17)31-16-24(30)29-11-9-28(10-12-29)23-8-7-22(26-27-23)19-3-5-20(25)6-4-19/h3-8,13-15H,9-12,16H2,1-2H3. The molecule has 0 N–H and O–H groups in total. The van der Waals surface area contributed by atoms with E-state index in [0.29, 0.717) is 31.2 Å². The molecule has 0 bridgehead atoms. The Labute approximate surface area is 187 Å². The van der Waals surface area contributed by atoms with Crippen molar-refractivity contribution < 1.29 is 9.53 Å². The molecule has 6 nitrogen and oxygen atoms in total. The number of halogens is 1. The number of hydrogen-bond acceptors (Lipinski definition) is 5. The number of ether oxygens (including phenoxy) is 1. The fourth-order valence-corrected chi connectivity index (χ4v) is 3.83. The van der Waals surface area contributed by atoms with E-state index in [0.717, 1.165) is 34.0 Å². The largest absolute Gasteiger partial charge is 0.484 e. The van der Waals surface area contributed by atoms with Gasteiger partial charge in [0.1, 0.15) is 5.75 Å². The lowest BCUT2D eigenvalue weighted by molar-refractivity contribution is -0.133. The second-order valence-electron chi connectivity index (χ2n) is 7.76. The van der Waals surface area contributed by atoms with Crippen molar-refractivity contribution in [2.45, 2.75) is 13.8 Å². The van der Waals surface area contributed by atoms with Crippen LogP contribution in [0.3, 0.4) is 0 Å². The molecule has 7 heteroatoms. The maximum Gasteiger partial charge on any atom is 0.260 e. The van der Waals surface area contributed by atoms with Gasteiger partial charge >= 0.3 is 0 Å². The Bertz CT molecular complexity index is 1030. The molecule has 31 heavy (non-hydrogen) atoms. The summed E-state index contributed by atoms with van der Waals surface area (Å²) in [7, 11) is 0. The van der Waals surface area contributed by atoms with Gasteiger partial charge < -0.3 is 14.5 Å². The van der Waals surface area contributed by atoms with Crippen LogP contribution in [0.4, 0.5) is 5.82 Å². The van der Waals surface area contributed by atoms with Crippen molar-refractivity contribution in [3.8, 4) is 17.0 Å². The van der Waals surface area contributed by atoms with Crippen molar-refractivity contribution >= 4 is 23.3 Å². The minimum atomic E-state index is 0.00276. The molecule has 2 aromatic carbocycles. The molecule has 0 aliphatic carbocycles. The molecule has 4 rings (SSSR count).